The van der Waals surface area contributed by atoms with Crippen LogP contribution >= 0.6 is 0 Å². The Labute approximate surface area is 147 Å². The Morgan fingerprint density at radius 3 is 2.84 bits per heavy atom. The van der Waals surface area contributed by atoms with Crippen molar-refractivity contribution < 1.29 is 9.90 Å². The molecule has 0 saturated heterocycles. The van der Waals surface area contributed by atoms with E-state index in [2.05, 4.69) is 42.7 Å². The Hall–Kier alpha value is -2.55. The molecule has 0 spiro atoms. The van der Waals surface area contributed by atoms with Crippen LogP contribution in [0.1, 0.15) is 46.1 Å². The maximum Gasteiger partial charge on any atom is 0.335 e. The highest BCUT2D eigenvalue weighted by atomic mass is 16.4. The maximum absolute atomic E-state index is 11.4. The van der Waals surface area contributed by atoms with Crippen molar-refractivity contribution >= 4 is 16.9 Å². The Morgan fingerprint density at radius 2 is 2.08 bits per heavy atom. The van der Waals surface area contributed by atoms with Crippen LogP contribution in [0.25, 0.3) is 10.9 Å². The van der Waals surface area contributed by atoms with Gasteiger partial charge >= 0.3 is 5.97 Å². The van der Waals surface area contributed by atoms with Gasteiger partial charge in [0.1, 0.15) is 0 Å². The lowest BCUT2D eigenvalue weighted by Crippen LogP contribution is -2.14. The number of rotatable bonds is 3. The minimum Gasteiger partial charge on any atom is -0.478 e. The van der Waals surface area contributed by atoms with E-state index in [1.54, 1.807) is 6.07 Å². The van der Waals surface area contributed by atoms with E-state index in [9.17, 15) is 9.90 Å². The first kappa shape index (κ1) is 15.9. The zero-order valence-electron chi connectivity index (χ0n) is 14.7. The molecule has 2 aromatic carbocycles. The SMILES string of the molecule is Cc1cccc(Cn2c3c(c4cc(C(=O)O)ccc42)CC(C)CC3)c1. The largest absolute Gasteiger partial charge is 0.478 e. The molecule has 1 aromatic heterocycles. The van der Waals surface area contributed by atoms with Crippen molar-refractivity contribution in [1.82, 2.24) is 4.57 Å². The van der Waals surface area contributed by atoms with Gasteiger partial charge in [-0.15, -0.1) is 0 Å². The fourth-order valence-corrected chi connectivity index (χ4v) is 4.13. The summed E-state index contributed by atoms with van der Waals surface area (Å²) in [6.07, 6.45) is 3.30. The molecule has 3 heteroatoms. The lowest BCUT2D eigenvalue weighted by atomic mass is 9.87. The zero-order valence-corrected chi connectivity index (χ0v) is 14.7. The molecule has 1 atom stereocenters. The van der Waals surface area contributed by atoms with Gasteiger partial charge in [0.15, 0.2) is 0 Å². The Kier molecular flexibility index (Phi) is 3.87. The van der Waals surface area contributed by atoms with E-state index in [4.69, 9.17) is 0 Å². The third-order valence-electron chi connectivity index (χ3n) is 5.38. The van der Waals surface area contributed by atoms with Crippen molar-refractivity contribution in [3.63, 3.8) is 0 Å². The summed E-state index contributed by atoms with van der Waals surface area (Å²) in [6, 6.07) is 14.2. The summed E-state index contributed by atoms with van der Waals surface area (Å²) in [5.41, 5.74) is 6.83. The number of benzene rings is 2. The number of aromatic carboxylic acids is 1. The summed E-state index contributed by atoms with van der Waals surface area (Å²) in [5.74, 6) is -0.204. The van der Waals surface area contributed by atoms with Gasteiger partial charge in [0.05, 0.1) is 5.56 Å². The summed E-state index contributed by atoms with van der Waals surface area (Å²) >= 11 is 0. The molecular formula is C22H23NO2. The van der Waals surface area contributed by atoms with Crippen LogP contribution in [-0.2, 0) is 19.4 Å². The molecule has 1 unspecified atom stereocenters. The summed E-state index contributed by atoms with van der Waals surface area (Å²) in [4.78, 5) is 11.4. The van der Waals surface area contributed by atoms with E-state index in [-0.39, 0.29) is 0 Å². The number of aromatic nitrogens is 1. The summed E-state index contributed by atoms with van der Waals surface area (Å²) in [5, 5.41) is 10.5. The summed E-state index contributed by atoms with van der Waals surface area (Å²) < 4.78 is 2.40. The van der Waals surface area contributed by atoms with Crippen molar-refractivity contribution in [3.05, 3.63) is 70.4 Å². The third kappa shape index (κ3) is 2.84. The zero-order chi connectivity index (χ0) is 17.6. The van der Waals surface area contributed by atoms with E-state index >= 15 is 0 Å². The molecule has 4 rings (SSSR count). The van der Waals surface area contributed by atoms with Gasteiger partial charge < -0.3 is 9.67 Å². The molecule has 25 heavy (non-hydrogen) atoms. The predicted octanol–water partition coefficient (Wildman–Crippen LogP) is 4.82. The van der Waals surface area contributed by atoms with E-state index in [1.165, 1.54) is 28.8 Å². The number of carboxylic acid groups (broad SMARTS) is 1. The van der Waals surface area contributed by atoms with Crippen LogP contribution in [0.2, 0.25) is 0 Å². The van der Waals surface area contributed by atoms with Crippen molar-refractivity contribution in [1.29, 1.82) is 0 Å². The van der Waals surface area contributed by atoms with Crippen molar-refractivity contribution in [2.75, 3.05) is 0 Å². The first-order valence-corrected chi connectivity index (χ1v) is 8.96. The van der Waals surface area contributed by atoms with Gasteiger partial charge in [-0.3, -0.25) is 0 Å². The quantitative estimate of drug-likeness (QED) is 0.746. The van der Waals surface area contributed by atoms with E-state index in [1.807, 2.05) is 12.1 Å². The average molecular weight is 333 g/mol. The molecule has 0 saturated carbocycles. The predicted molar refractivity (Wildman–Crippen MR) is 100 cm³/mol. The van der Waals surface area contributed by atoms with Gasteiger partial charge in [-0.2, -0.15) is 0 Å². The van der Waals surface area contributed by atoms with Gasteiger partial charge in [-0.05, 0) is 61.4 Å². The maximum atomic E-state index is 11.4. The minimum absolute atomic E-state index is 0.376. The molecule has 3 nitrogen and oxygen atoms in total. The van der Waals surface area contributed by atoms with E-state index in [0.29, 0.717) is 11.5 Å². The highest BCUT2D eigenvalue weighted by Gasteiger charge is 2.24. The lowest BCUT2D eigenvalue weighted by Gasteiger charge is -2.21. The van der Waals surface area contributed by atoms with Crippen LogP contribution in [0.15, 0.2) is 42.5 Å². The molecule has 0 fully saturated rings. The Morgan fingerprint density at radius 1 is 1.24 bits per heavy atom. The fourth-order valence-electron chi connectivity index (χ4n) is 4.13. The van der Waals surface area contributed by atoms with Crippen LogP contribution in [-0.4, -0.2) is 15.6 Å². The molecule has 1 aliphatic rings. The molecule has 3 aromatic rings. The van der Waals surface area contributed by atoms with Gasteiger partial charge in [0, 0.05) is 23.1 Å². The third-order valence-corrected chi connectivity index (χ3v) is 5.38. The highest BCUT2D eigenvalue weighted by molar-refractivity contribution is 5.95. The number of hydrogen-bond acceptors (Lipinski definition) is 1. The van der Waals surface area contributed by atoms with Crippen LogP contribution in [0, 0.1) is 12.8 Å². The first-order valence-electron chi connectivity index (χ1n) is 8.96. The fraction of sp³-hybridized carbons (Fsp3) is 0.318. The normalized spacial score (nSPS) is 16.8. The summed E-state index contributed by atoms with van der Waals surface area (Å²) in [6.45, 7) is 5.25. The molecule has 0 aliphatic heterocycles. The molecule has 0 bridgehead atoms. The Balaban J connectivity index is 1.89. The molecule has 0 amide bonds. The topological polar surface area (TPSA) is 42.2 Å². The molecule has 1 aliphatic carbocycles. The number of carbonyl (C=O) groups is 1. The molecule has 128 valence electrons. The first-order chi connectivity index (χ1) is 12.0. The van der Waals surface area contributed by atoms with Crippen LogP contribution < -0.4 is 0 Å². The van der Waals surface area contributed by atoms with Gasteiger partial charge in [-0.1, -0.05) is 36.8 Å². The van der Waals surface area contributed by atoms with Crippen LogP contribution in [0.4, 0.5) is 0 Å². The van der Waals surface area contributed by atoms with Crippen molar-refractivity contribution in [2.45, 2.75) is 39.7 Å². The lowest BCUT2D eigenvalue weighted by molar-refractivity contribution is 0.0697. The van der Waals surface area contributed by atoms with E-state index < -0.39 is 5.97 Å². The van der Waals surface area contributed by atoms with Gasteiger partial charge in [0.25, 0.3) is 0 Å². The highest BCUT2D eigenvalue weighted by Crippen LogP contribution is 2.35. The molecular weight excluding hydrogens is 310 g/mol. The number of hydrogen-bond donors (Lipinski definition) is 1. The second-order valence-corrected chi connectivity index (χ2v) is 7.39. The molecule has 0 radical (unpaired) electrons. The molecule has 1 heterocycles. The van der Waals surface area contributed by atoms with Crippen molar-refractivity contribution in [2.24, 2.45) is 5.92 Å². The van der Waals surface area contributed by atoms with Crippen molar-refractivity contribution in [3.8, 4) is 0 Å². The smallest absolute Gasteiger partial charge is 0.335 e. The monoisotopic (exact) mass is 333 g/mol. The number of aryl methyl sites for hydroxylation is 1. The number of carboxylic acids is 1. The van der Waals surface area contributed by atoms with Crippen LogP contribution in [0.5, 0.6) is 0 Å². The molecule has 1 N–H and O–H groups in total. The number of nitrogens with zero attached hydrogens (tertiary/aromatic N) is 1. The Bertz CT molecular complexity index is 968. The second kappa shape index (κ2) is 6.07. The average Bonchev–Trinajstić information content (AvgIpc) is 2.88. The van der Waals surface area contributed by atoms with Gasteiger partial charge in [0.2, 0.25) is 0 Å². The van der Waals surface area contributed by atoms with E-state index in [0.717, 1.165) is 30.3 Å². The minimum atomic E-state index is -0.856. The number of fused-ring (bicyclic) bond motifs is 3. The standard InChI is InChI=1S/C22H23NO2/c1-14-4-3-5-16(10-14)13-23-20-8-6-15(2)11-18(20)19-12-17(22(24)25)7-9-21(19)23/h3-5,7,9-10,12,15H,6,8,11,13H2,1-2H3,(H,24,25). The van der Waals surface area contributed by atoms with Crippen LogP contribution in [0.3, 0.4) is 0 Å². The van der Waals surface area contributed by atoms with Gasteiger partial charge in [-0.25, -0.2) is 4.79 Å². The second-order valence-electron chi connectivity index (χ2n) is 7.39. The summed E-state index contributed by atoms with van der Waals surface area (Å²) in [7, 11) is 0.